The molecule has 33 heavy (non-hydrogen) atoms. The number of carbonyl (C=O) groups is 1. The van der Waals surface area contributed by atoms with Crippen molar-refractivity contribution in [2.45, 2.75) is 25.5 Å². The van der Waals surface area contributed by atoms with E-state index in [4.69, 9.17) is 9.47 Å². The maximum absolute atomic E-state index is 13.1. The molecule has 1 amide bonds. The number of pyridine rings is 1. The van der Waals surface area contributed by atoms with Gasteiger partial charge in [0.05, 0.1) is 13.7 Å². The minimum Gasteiger partial charge on any atom is -0.496 e. The van der Waals surface area contributed by atoms with Crippen molar-refractivity contribution in [3.05, 3.63) is 83.7 Å². The number of nitrogens with one attached hydrogen (secondary N) is 1. The molecule has 4 rings (SSSR count). The molecule has 3 aromatic rings. The van der Waals surface area contributed by atoms with Crippen LogP contribution in [0.2, 0.25) is 0 Å². The summed E-state index contributed by atoms with van der Waals surface area (Å²) >= 11 is 0. The lowest BCUT2D eigenvalue weighted by atomic mass is 9.90. The lowest BCUT2D eigenvalue weighted by Crippen LogP contribution is -2.60. The number of likely N-dealkylation sites (N-methyl/N-ethyl adjacent to an activating group) is 1. The molecule has 6 heteroatoms. The van der Waals surface area contributed by atoms with E-state index in [-0.39, 0.29) is 5.91 Å². The van der Waals surface area contributed by atoms with Crippen LogP contribution >= 0.6 is 0 Å². The van der Waals surface area contributed by atoms with Gasteiger partial charge in [-0.3, -0.25) is 14.7 Å². The minimum atomic E-state index is -0.941. The summed E-state index contributed by atoms with van der Waals surface area (Å²) in [5, 5.41) is 2.83. The van der Waals surface area contributed by atoms with E-state index < -0.39 is 5.60 Å². The number of morpholine rings is 1. The van der Waals surface area contributed by atoms with E-state index in [1.807, 2.05) is 18.2 Å². The van der Waals surface area contributed by atoms with E-state index in [9.17, 15) is 4.79 Å². The zero-order chi connectivity index (χ0) is 23.3. The first-order valence-electron chi connectivity index (χ1n) is 11.2. The summed E-state index contributed by atoms with van der Waals surface area (Å²) in [4.78, 5) is 19.4. The van der Waals surface area contributed by atoms with Gasteiger partial charge in [-0.25, -0.2) is 0 Å². The Morgan fingerprint density at radius 2 is 1.85 bits per heavy atom. The number of hydrogen-bond acceptors (Lipinski definition) is 5. The van der Waals surface area contributed by atoms with Crippen LogP contribution in [0.15, 0.2) is 67.0 Å². The van der Waals surface area contributed by atoms with Gasteiger partial charge in [0.25, 0.3) is 5.91 Å². The van der Waals surface area contributed by atoms with Crippen LogP contribution < -0.4 is 10.1 Å². The first-order valence-corrected chi connectivity index (χ1v) is 11.2. The number of benzene rings is 2. The highest BCUT2D eigenvalue weighted by Gasteiger charge is 2.43. The smallest absolute Gasteiger partial charge is 0.253 e. The fourth-order valence-electron chi connectivity index (χ4n) is 4.46. The van der Waals surface area contributed by atoms with Gasteiger partial charge in [-0.1, -0.05) is 36.4 Å². The molecule has 1 atom stereocenters. The van der Waals surface area contributed by atoms with Gasteiger partial charge in [0.2, 0.25) is 0 Å². The standard InChI is InChI=1S/C27H31N3O3/c1-20-4-7-24(25(16-20)32-3)18-30-14-15-33-27(19-30,26(31)28-2)17-21-5-8-22(9-6-21)23-10-12-29-13-11-23/h4-13,16H,14-15,17-19H2,1-3H3,(H,28,31). The van der Waals surface area contributed by atoms with Gasteiger partial charge < -0.3 is 14.8 Å². The minimum absolute atomic E-state index is 0.0960. The second-order valence-corrected chi connectivity index (χ2v) is 8.56. The van der Waals surface area contributed by atoms with Crippen LogP contribution in [-0.2, 0) is 22.5 Å². The Hall–Kier alpha value is -3.22. The van der Waals surface area contributed by atoms with E-state index in [1.54, 1.807) is 26.6 Å². The number of aryl methyl sites for hydroxylation is 1. The van der Waals surface area contributed by atoms with E-state index in [1.165, 1.54) is 0 Å². The average Bonchev–Trinajstić information content (AvgIpc) is 2.85. The summed E-state index contributed by atoms with van der Waals surface area (Å²) in [6.45, 7) is 4.52. The van der Waals surface area contributed by atoms with Crippen LogP contribution in [0.1, 0.15) is 16.7 Å². The van der Waals surface area contributed by atoms with Gasteiger partial charge in [0.1, 0.15) is 5.75 Å². The number of nitrogens with zero attached hydrogens (tertiary/aromatic N) is 2. The van der Waals surface area contributed by atoms with Crippen molar-refractivity contribution >= 4 is 5.91 Å². The molecule has 0 saturated carbocycles. The molecule has 1 aliphatic rings. The van der Waals surface area contributed by atoms with Gasteiger partial charge in [-0.2, -0.15) is 0 Å². The second-order valence-electron chi connectivity index (χ2n) is 8.56. The fraction of sp³-hybridized carbons (Fsp3) is 0.333. The van der Waals surface area contributed by atoms with E-state index in [2.05, 4.69) is 58.5 Å². The molecule has 1 aliphatic heterocycles. The Labute approximate surface area is 195 Å². The number of carbonyl (C=O) groups excluding carboxylic acids is 1. The van der Waals surface area contributed by atoms with E-state index in [0.29, 0.717) is 26.1 Å². The Morgan fingerprint density at radius 3 is 2.55 bits per heavy atom. The summed E-state index contributed by atoms with van der Waals surface area (Å²) in [5.41, 5.74) is 4.62. The number of aromatic nitrogens is 1. The Morgan fingerprint density at radius 1 is 1.12 bits per heavy atom. The summed E-state index contributed by atoms with van der Waals surface area (Å²) < 4.78 is 11.8. The average molecular weight is 446 g/mol. The van der Waals surface area contributed by atoms with Crippen molar-refractivity contribution in [2.24, 2.45) is 0 Å². The largest absolute Gasteiger partial charge is 0.496 e. The first kappa shape index (κ1) is 23.0. The molecule has 1 saturated heterocycles. The van der Waals surface area contributed by atoms with Crippen molar-refractivity contribution < 1.29 is 14.3 Å². The molecule has 2 heterocycles. The Kier molecular flexibility index (Phi) is 7.06. The zero-order valence-corrected chi connectivity index (χ0v) is 19.5. The van der Waals surface area contributed by atoms with Gasteiger partial charge in [0, 0.05) is 51.1 Å². The van der Waals surface area contributed by atoms with Gasteiger partial charge >= 0.3 is 0 Å². The SMILES string of the molecule is CNC(=O)C1(Cc2ccc(-c3ccncc3)cc2)CN(Cc2ccc(C)cc2OC)CCO1. The van der Waals surface area contributed by atoms with Gasteiger partial charge in [-0.15, -0.1) is 0 Å². The Balaban J connectivity index is 1.54. The number of rotatable bonds is 7. The molecule has 0 bridgehead atoms. The van der Waals surface area contributed by atoms with Crippen molar-refractivity contribution in [1.82, 2.24) is 15.2 Å². The molecule has 0 radical (unpaired) electrons. The predicted octanol–water partition coefficient (Wildman–Crippen LogP) is 3.63. The highest BCUT2D eigenvalue weighted by atomic mass is 16.5. The quantitative estimate of drug-likeness (QED) is 0.602. The van der Waals surface area contributed by atoms with Crippen molar-refractivity contribution in [1.29, 1.82) is 0 Å². The molecular formula is C27H31N3O3. The number of methoxy groups -OCH3 is 1. The lowest BCUT2D eigenvalue weighted by molar-refractivity contribution is -0.160. The van der Waals surface area contributed by atoms with E-state index >= 15 is 0 Å². The fourth-order valence-corrected chi connectivity index (χ4v) is 4.46. The number of ether oxygens (including phenoxy) is 2. The first-order chi connectivity index (χ1) is 16.0. The molecule has 2 aromatic carbocycles. The molecule has 172 valence electrons. The van der Waals surface area contributed by atoms with Crippen LogP contribution in [0.3, 0.4) is 0 Å². The number of amides is 1. The third kappa shape index (κ3) is 5.24. The molecule has 0 spiro atoms. The molecule has 1 unspecified atom stereocenters. The number of hydrogen-bond donors (Lipinski definition) is 1. The summed E-state index contributed by atoms with van der Waals surface area (Å²) in [5.74, 6) is 0.778. The normalized spacial score (nSPS) is 18.6. The van der Waals surface area contributed by atoms with Crippen LogP contribution in [0, 0.1) is 6.92 Å². The summed E-state index contributed by atoms with van der Waals surface area (Å²) in [6, 6.07) is 18.5. The maximum Gasteiger partial charge on any atom is 0.253 e. The third-order valence-corrected chi connectivity index (χ3v) is 6.20. The zero-order valence-electron chi connectivity index (χ0n) is 19.5. The van der Waals surface area contributed by atoms with Gasteiger partial charge in [0.15, 0.2) is 5.60 Å². The summed E-state index contributed by atoms with van der Waals surface area (Å²) in [7, 11) is 3.37. The van der Waals surface area contributed by atoms with E-state index in [0.717, 1.165) is 40.1 Å². The molecule has 1 N–H and O–H groups in total. The molecular weight excluding hydrogens is 414 g/mol. The van der Waals surface area contributed by atoms with Crippen LogP contribution in [0.25, 0.3) is 11.1 Å². The predicted molar refractivity (Wildman–Crippen MR) is 129 cm³/mol. The third-order valence-electron chi connectivity index (χ3n) is 6.20. The Bertz CT molecular complexity index is 1090. The highest BCUT2D eigenvalue weighted by molar-refractivity contribution is 5.86. The monoisotopic (exact) mass is 445 g/mol. The molecule has 0 aliphatic carbocycles. The molecule has 6 nitrogen and oxygen atoms in total. The van der Waals surface area contributed by atoms with Crippen LogP contribution in [0.5, 0.6) is 5.75 Å². The van der Waals surface area contributed by atoms with Crippen molar-refractivity contribution in [3.63, 3.8) is 0 Å². The van der Waals surface area contributed by atoms with Crippen LogP contribution in [0.4, 0.5) is 0 Å². The maximum atomic E-state index is 13.1. The van der Waals surface area contributed by atoms with Crippen LogP contribution in [-0.4, -0.2) is 55.2 Å². The highest BCUT2D eigenvalue weighted by Crippen LogP contribution is 2.28. The lowest BCUT2D eigenvalue weighted by Gasteiger charge is -2.41. The van der Waals surface area contributed by atoms with Crippen molar-refractivity contribution in [3.8, 4) is 16.9 Å². The van der Waals surface area contributed by atoms with Crippen molar-refractivity contribution in [2.75, 3.05) is 33.9 Å². The topological polar surface area (TPSA) is 63.7 Å². The molecule has 1 aromatic heterocycles. The van der Waals surface area contributed by atoms with Gasteiger partial charge in [-0.05, 0) is 47.4 Å². The summed E-state index contributed by atoms with van der Waals surface area (Å²) in [6.07, 6.45) is 4.08. The molecule has 1 fully saturated rings. The second kappa shape index (κ2) is 10.1.